The van der Waals surface area contributed by atoms with Crippen LogP contribution in [0.25, 0.3) is 10.9 Å². The number of benzene rings is 1. The van der Waals surface area contributed by atoms with Crippen molar-refractivity contribution in [3.8, 4) is 6.07 Å². The van der Waals surface area contributed by atoms with Crippen molar-refractivity contribution in [2.75, 3.05) is 31.5 Å². The van der Waals surface area contributed by atoms with E-state index in [1.807, 2.05) is 12.1 Å². The quantitative estimate of drug-likeness (QED) is 0.821. The molecule has 2 aliphatic carbocycles. The van der Waals surface area contributed by atoms with E-state index in [0.29, 0.717) is 29.5 Å². The van der Waals surface area contributed by atoms with E-state index in [9.17, 15) is 10.1 Å². The van der Waals surface area contributed by atoms with Crippen molar-refractivity contribution in [1.82, 2.24) is 19.8 Å². The summed E-state index contributed by atoms with van der Waals surface area (Å²) in [6, 6.07) is 8.75. The topological polar surface area (TPSA) is 85.2 Å². The first-order chi connectivity index (χ1) is 15.2. The van der Waals surface area contributed by atoms with Gasteiger partial charge in [0, 0.05) is 49.6 Å². The van der Waals surface area contributed by atoms with Crippen molar-refractivity contribution in [3.63, 3.8) is 0 Å². The van der Waals surface area contributed by atoms with Gasteiger partial charge in [0.25, 0.3) is 0 Å². The number of aromatic nitrogens is 2. The number of hydrogen-bond acceptors (Lipinski definition) is 6. The number of nitrogens with zero attached hydrogens (tertiary/aromatic N) is 5. The van der Waals surface area contributed by atoms with E-state index in [-0.39, 0.29) is 0 Å². The third-order valence-electron chi connectivity index (χ3n) is 7.40. The van der Waals surface area contributed by atoms with Gasteiger partial charge in [-0.3, -0.25) is 9.69 Å². The van der Waals surface area contributed by atoms with Crippen molar-refractivity contribution in [1.29, 1.82) is 5.26 Å². The second-order valence-corrected chi connectivity index (χ2v) is 9.20. The maximum absolute atomic E-state index is 12.5. The fourth-order valence-electron chi connectivity index (χ4n) is 5.24. The Kier molecular flexibility index (Phi) is 5.73. The molecule has 31 heavy (non-hydrogen) atoms. The highest BCUT2D eigenvalue weighted by Gasteiger charge is 2.33. The number of fused-ring (bicyclic) bond motifs is 1. The summed E-state index contributed by atoms with van der Waals surface area (Å²) in [5, 5.41) is 13.7. The predicted octanol–water partition coefficient (Wildman–Crippen LogP) is 3.17. The van der Waals surface area contributed by atoms with Crippen LogP contribution in [0.1, 0.15) is 50.5 Å². The third kappa shape index (κ3) is 4.22. The minimum Gasteiger partial charge on any atom is -0.367 e. The number of carbonyl (C=O) groups is 1. The predicted molar refractivity (Wildman–Crippen MR) is 119 cm³/mol. The summed E-state index contributed by atoms with van der Waals surface area (Å²) >= 11 is 0. The number of nitrogens with one attached hydrogen (secondary N) is 1. The van der Waals surface area contributed by atoms with Gasteiger partial charge in [0.2, 0.25) is 5.91 Å². The fourth-order valence-corrected chi connectivity index (χ4v) is 5.24. The van der Waals surface area contributed by atoms with E-state index < -0.39 is 0 Å². The number of anilines is 1. The van der Waals surface area contributed by atoms with Crippen LogP contribution in [0.5, 0.6) is 0 Å². The van der Waals surface area contributed by atoms with Gasteiger partial charge in [-0.25, -0.2) is 9.97 Å². The van der Waals surface area contributed by atoms with Crippen molar-refractivity contribution < 1.29 is 4.79 Å². The van der Waals surface area contributed by atoms with Crippen LogP contribution >= 0.6 is 0 Å². The van der Waals surface area contributed by atoms with Crippen molar-refractivity contribution in [3.05, 3.63) is 30.1 Å². The molecular formula is C24H30N6O. The molecule has 1 aromatic heterocycles. The molecule has 1 aliphatic heterocycles. The molecule has 2 aromatic rings. The number of carbonyl (C=O) groups excluding carboxylic acids is 1. The van der Waals surface area contributed by atoms with Gasteiger partial charge in [0.1, 0.15) is 12.1 Å². The average molecular weight is 419 g/mol. The SMILES string of the molecule is N#Cc1ccc2ncnc(NC3CCC(N4CCN(C(=O)C5CCC5)CC4)CC3)c2c1. The lowest BCUT2D eigenvalue weighted by atomic mass is 9.84. The van der Waals surface area contributed by atoms with Crippen LogP contribution in [0, 0.1) is 17.2 Å². The van der Waals surface area contributed by atoms with Gasteiger partial charge in [-0.2, -0.15) is 5.26 Å². The first-order valence-corrected chi connectivity index (χ1v) is 11.7. The summed E-state index contributed by atoms with van der Waals surface area (Å²) in [5.41, 5.74) is 1.49. The van der Waals surface area contributed by atoms with E-state index in [2.05, 4.69) is 31.2 Å². The summed E-state index contributed by atoms with van der Waals surface area (Å²) in [4.78, 5) is 26.0. The molecule has 7 heteroatoms. The molecule has 0 atom stereocenters. The lowest BCUT2D eigenvalue weighted by Gasteiger charge is -2.43. The molecule has 2 saturated carbocycles. The van der Waals surface area contributed by atoms with E-state index in [4.69, 9.17) is 0 Å². The lowest BCUT2D eigenvalue weighted by Crippen LogP contribution is -2.54. The van der Waals surface area contributed by atoms with Crippen LogP contribution in [-0.2, 0) is 4.79 Å². The monoisotopic (exact) mass is 418 g/mol. The summed E-state index contributed by atoms with van der Waals surface area (Å²) in [6.45, 7) is 3.80. The Morgan fingerprint density at radius 2 is 1.81 bits per heavy atom. The van der Waals surface area contributed by atoms with Crippen molar-refractivity contribution in [2.24, 2.45) is 5.92 Å². The van der Waals surface area contributed by atoms with Crippen molar-refractivity contribution >= 4 is 22.6 Å². The minimum absolute atomic E-state index is 0.315. The molecule has 2 heterocycles. The highest BCUT2D eigenvalue weighted by Crippen LogP contribution is 2.30. The Morgan fingerprint density at radius 1 is 1.03 bits per heavy atom. The molecule has 162 valence electrons. The van der Waals surface area contributed by atoms with Crippen molar-refractivity contribution in [2.45, 2.75) is 57.0 Å². The Hall–Kier alpha value is -2.72. The average Bonchev–Trinajstić information content (AvgIpc) is 2.78. The molecule has 1 N–H and O–H groups in total. The van der Waals surface area contributed by atoms with Gasteiger partial charge < -0.3 is 10.2 Å². The van der Waals surface area contributed by atoms with E-state index in [1.54, 1.807) is 12.4 Å². The molecule has 3 aliphatic rings. The van der Waals surface area contributed by atoms with Crippen LogP contribution in [0.2, 0.25) is 0 Å². The zero-order valence-electron chi connectivity index (χ0n) is 18.0. The molecular weight excluding hydrogens is 388 g/mol. The second-order valence-electron chi connectivity index (χ2n) is 9.20. The van der Waals surface area contributed by atoms with Gasteiger partial charge in [-0.05, 0) is 56.7 Å². The second kappa shape index (κ2) is 8.80. The highest BCUT2D eigenvalue weighted by molar-refractivity contribution is 5.89. The molecule has 7 nitrogen and oxygen atoms in total. The number of amides is 1. The number of nitriles is 1. The van der Waals surface area contributed by atoms with Gasteiger partial charge in [-0.1, -0.05) is 6.42 Å². The Morgan fingerprint density at radius 3 is 2.48 bits per heavy atom. The summed E-state index contributed by atoms with van der Waals surface area (Å²) < 4.78 is 0. The number of piperazine rings is 1. The summed E-state index contributed by atoms with van der Waals surface area (Å²) in [6.07, 6.45) is 9.54. The molecule has 1 aromatic carbocycles. The lowest BCUT2D eigenvalue weighted by molar-refractivity contribution is -0.140. The van der Waals surface area contributed by atoms with Gasteiger partial charge in [-0.15, -0.1) is 0 Å². The van der Waals surface area contributed by atoms with Gasteiger partial charge in [0.05, 0.1) is 17.1 Å². The maximum atomic E-state index is 12.5. The summed E-state index contributed by atoms with van der Waals surface area (Å²) in [7, 11) is 0. The van der Waals surface area contributed by atoms with Crippen LogP contribution in [0.15, 0.2) is 24.5 Å². The van der Waals surface area contributed by atoms with Gasteiger partial charge in [0.15, 0.2) is 0 Å². The molecule has 0 spiro atoms. The van der Waals surface area contributed by atoms with Crippen LogP contribution in [0.3, 0.4) is 0 Å². The molecule has 5 rings (SSSR count). The smallest absolute Gasteiger partial charge is 0.225 e. The molecule has 1 amide bonds. The number of hydrogen-bond donors (Lipinski definition) is 1. The first-order valence-electron chi connectivity index (χ1n) is 11.7. The Labute approximate surface area is 183 Å². The molecule has 0 bridgehead atoms. The minimum atomic E-state index is 0.315. The van der Waals surface area contributed by atoms with Crippen LogP contribution in [-0.4, -0.2) is 63.9 Å². The zero-order valence-corrected chi connectivity index (χ0v) is 18.0. The van der Waals surface area contributed by atoms with E-state index in [0.717, 1.165) is 68.6 Å². The van der Waals surface area contributed by atoms with Crippen LogP contribution in [0.4, 0.5) is 5.82 Å². The zero-order chi connectivity index (χ0) is 21.2. The largest absolute Gasteiger partial charge is 0.367 e. The molecule has 1 saturated heterocycles. The summed E-state index contributed by atoms with van der Waals surface area (Å²) in [5.74, 6) is 1.54. The fraction of sp³-hybridized carbons (Fsp3) is 0.583. The standard InChI is InChI=1S/C24H30N6O/c25-15-17-4-9-22-21(14-17)23(27-16-26-22)28-19-5-7-20(8-6-19)29-10-12-30(13-11-29)24(31)18-2-1-3-18/h4,9,14,16,18-20H,1-3,5-8,10-13H2,(H,26,27,28). The molecule has 3 fully saturated rings. The number of rotatable bonds is 4. The molecule has 0 unspecified atom stereocenters. The Bertz CT molecular complexity index is 981. The van der Waals surface area contributed by atoms with Crippen LogP contribution < -0.4 is 5.32 Å². The molecule has 0 radical (unpaired) electrons. The highest BCUT2D eigenvalue weighted by atomic mass is 16.2. The third-order valence-corrected chi connectivity index (χ3v) is 7.40. The normalized spacial score (nSPS) is 25.1. The van der Waals surface area contributed by atoms with Gasteiger partial charge >= 0.3 is 0 Å². The maximum Gasteiger partial charge on any atom is 0.225 e. The first kappa shape index (κ1) is 20.2. The Balaban J connectivity index is 1.14. The van der Waals surface area contributed by atoms with E-state index in [1.165, 1.54) is 19.3 Å². The van der Waals surface area contributed by atoms with E-state index >= 15 is 0 Å².